The Balaban J connectivity index is 1.39. The van der Waals surface area contributed by atoms with Gasteiger partial charge in [-0.15, -0.1) is 0 Å². The number of hydrogen-bond acceptors (Lipinski definition) is 6. The molecule has 1 N–H and O–H groups in total. The molecule has 156 valence electrons. The van der Waals surface area contributed by atoms with Crippen LogP contribution in [-0.4, -0.2) is 58.2 Å². The maximum Gasteiger partial charge on any atom is 0.337 e. The van der Waals surface area contributed by atoms with Gasteiger partial charge < -0.3 is 14.6 Å². The number of aryl methyl sites for hydroxylation is 2. The maximum atomic E-state index is 11.7. The Kier molecular flexibility index (Phi) is 5.61. The van der Waals surface area contributed by atoms with Crippen molar-refractivity contribution < 1.29 is 19.4 Å². The van der Waals surface area contributed by atoms with Gasteiger partial charge in [0, 0.05) is 26.7 Å². The lowest BCUT2D eigenvalue weighted by Crippen LogP contribution is -2.42. The zero-order chi connectivity index (χ0) is 20.5. The second kappa shape index (κ2) is 8.16. The number of carbonyl (C=O) groups excluding carboxylic acids is 1. The molecule has 4 rings (SSSR count). The van der Waals surface area contributed by atoms with Crippen molar-refractivity contribution in [3.05, 3.63) is 47.3 Å². The summed E-state index contributed by atoms with van der Waals surface area (Å²) in [6, 6.07) is 9.10. The highest BCUT2D eigenvalue weighted by atomic mass is 16.5. The minimum atomic E-state index is -0.503. The first-order valence-corrected chi connectivity index (χ1v) is 10.2. The Morgan fingerprint density at radius 2 is 2.00 bits per heavy atom. The number of aliphatic hydroxyl groups is 1. The quantitative estimate of drug-likeness (QED) is 0.777. The fourth-order valence-corrected chi connectivity index (χ4v) is 4.77. The van der Waals surface area contributed by atoms with Crippen LogP contribution in [0.1, 0.15) is 34.6 Å². The number of methoxy groups -OCH3 is 1. The van der Waals surface area contributed by atoms with Crippen LogP contribution < -0.4 is 4.74 Å². The topological polar surface area (TPSA) is 76.8 Å². The number of rotatable bonds is 5. The molecule has 1 aliphatic carbocycles. The molecule has 7 heteroatoms. The van der Waals surface area contributed by atoms with Crippen LogP contribution in [0.5, 0.6) is 5.75 Å². The Hall–Kier alpha value is -2.38. The average molecular weight is 399 g/mol. The number of ether oxygens (including phenoxy) is 2. The number of fused-ring (bicyclic) bond motifs is 1. The molecule has 1 aliphatic heterocycles. The molecular weight excluding hydrogens is 370 g/mol. The smallest absolute Gasteiger partial charge is 0.337 e. The summed E-state index contributed by atoms with van der Waals surface area (Å²) in [5.41, 5.74) is 2.71. The van der Waals surface area contributed by atoms with E-state index in [1.807, 2.05) is 24.7 Å². The Bertz CT molecular complexity index is 881. The monoisotopic (exact) mass is 399 g/mol. The number of hydrogen-bond donors (Lipinski definition) is 1. The van der Waals surface area contributed by atoms with Crippen LogP contribution in [0.15, 0.2) is 30.3 Å². The number of benzene rings is 1. The Labute approximate surface area is 171 Å². The van der Waals surface area contributed by atoms with E-state index < -0.39 is 12.1 Å². The molecule has 1 saturated carbocycles. The molecule has 0 spiro atoms. The first kappa shape index (κ1) is 19.9. The SMILES string of the molecule is COC(=O)c1cccc(O[C@@H]2C[C@@H]3CN(Cc4cc(C)nn4C)C[C@@H]3C[C@H]2O)c1. The average Bonchev–Trinajstić information content (AvgIpc) is 3.22. The molecule has 2 aliphatic rings. The minimum Gasteiger partial charge on any atom is -0.488 e. The molecule has 29 heavy (non-hydrogen) atoms. The summed E-state index contributed by atoms with van der Waals surface area (Å²) in [7, 11) is 3.35. The predicted molar refractivity (Wildman–Crippen MR) is 108 cm³/mol. The third-order valence-electron chi connectivity index (χ3n) is 6.19. The molecular formula is C22H29N3O4. The van der Waals surface area contributed by atoms with E-state index in [1.54, 1.807) is 18.2 Å². The molecule has 2 heterocycles. The standard InChI is InChI=1S/C22H29N3O4/c1-14-7-18(24(2)23-14)13-25-11-16-9-20(26)21(10-17(16)12-25)29-19-6-4-5-15(8-19)22(27)28-3/h4-8,16-17,20-21,26H,9-13H2,1-3H3/t16-,17+,20+,21+/m0/s1. The second-order valence-corrected chi connectivity index (χ2v) is 8.33. The first-order valence-electron chi connectivity index (χ1n) is 10.2. The van der Waals surface area contributed by atoms with Gasteiger partial charge in [0.15, 0.2) is 0 Å². The van der Waals surface area contributed by atoms with E-state index in [9.17, 15) is 9.90 Å². The third-order valence-corrected chi connectivity index (χ3v) is 6.19. The molecule has 1 aromatic carbocycles. The number of carbonyl (C=O) groups is 1. The van der Waals surface area contributed by atoms with Crippen LogP contribution in [0.3, 0.4) is 0 Å². The van der Waals surface area contributed by atoms with Crippen LogP contribution >= 0.6 is 0 Å². The molecule has 0 bridgehead atoms. The highest BCUT2D eigenvalue weighted by Crippen LogP contribution is 2.38. The van der Waals surface area contributed by atoms with Gasteiger partial charge in [-0.3, -0.25) is 9.58 Å². The molecule has 1 aromatic heterocycles. The summed E-state index contributed by atoms with van der Waals surface area (Å²) in [5, 5.41) is 15.1. The predicted octanol–water partition coefficient (Wildman–Crippen LogP) is 2.17. The van der Waals surface area contributed by atoms with E-state index in [0.29, 0.717) is 23.1 Å². The molecule has 7 nitrogen and oxygen atoms in total. The van der Waals surface area contributed by atoms with Gasteiger partial charge in [-0.2, -0.15) is 5.10 Å². The highest BCUT2D eigenvalue weighted by Gasteiger charge is 2.42. The van der Waals surface area contributed by atoms with Crippen molar-refractivity contribution in [3.8, 4) is 5.75 Å². The largest absolute Gasteiger partial charge is 0.488 e. The molecule has 2 aromatic rings. The Morgan fingerprint density at radius 1 is 1.24 bits per heavy atom. The fourth-order valence-electron chi connectivity index (χ4n) is 4.77. The fraction of sp³-hybridized carbons (Fsp3) is 0.545. The van der Waals surface area contributed by atoms with Gasteiger partial charge in [-0.05, 0) is 55.9 Å². The summed E-state index contributed by atoms with van der Waals surface area (Å²) >= 11 is 0. The minimum absolute atomic E-state index is 0.261. The van der Waals surface area contributed by atoms with E-state index in [1.165, 1.54) is 12.8 Å². The molecule has 0 radical (unpaired) electrons. The molecule has 0 amide bonds. The van der Waals surface area contributed by atoms with Crippen molar-refractivity contribution in [3.63, 3.8) is 0 Å². The van der Waals surface area contributed by atoms with Gasteiger partial charge in [-0.25, -0.2) is 4.79 Å². The van der Waals surface area contributed by atoms with Crippen LogP contribution in [-0.2, 0) is 18.3 Å². The third kappa shape index (κ3) is 4.31. The van der Waals surface area contributed by atoms with Crippen molar-refractivity contribution in [2.45, 2.75) is 38.5 Å². The van der Waals surface area contributed by atoms with Crippen LogP contribution in [0.25, 0.3) is 0 Å². The van der Waals surface area contributed by atoms with Crippen LogP contribution in [0.4, 0.5) is 0 Å². The Morgan fingerprint density at radius 3 is 2.69 bits per heavy atom. The number of esters is 1. The molecule has 0 unspecified atom stereocenters. The summed E-state index contributed by atoms with van der Waals surface area (Å²) in [6.07, 6.45) is 0.794. The highest BCUT2D eigenvalue weighted by molar-refractivity contribution is 5.89. The van der Waals surface area contributed by atoms with Gasteiger partial charge in [0.2, 0.25) is 0 Å². The second-order valence-electron chi connectivity index (χ2n) is 8.33. The number of likely N-dealkylation sites (tertiary alicyclic amines) is 1. The van der Waals surface area contributed by atoms with Crippen LogP contribution in [0, 0.1) is 18.8 Å². The molecule has 2 fully saturated rings. The summed E-state index contributed by atoms with van der Waals surface area (Å²) in [6.45, 7) is 4.90. The van der Waals surface area contributed by atoms with Crippen molar-refractivity contribution in [2.24, 2.45) is 18.9 Å². The summed E-state index contributed by atoms with van der Waals surface area (Å²) < 4.78 is 12.8. The zero-order valence-electron chi connectivity index (χ0n) is 17.2. The van der Waals surface area contributed by atoms with Gasteiger partial charge in [0.05, 0.1) is 30.2 Å². The van der Waals surface area contributed by atoms with E-state index in [4.69, 9.17) is 9.47 Å². The lowest BCUT2D eigenvalue weighted by atomic mass is 9.78. The van der Waals surface area contributed by atoms with Gasteiger partial charge in [-0.1, -0.05) is 6.07 Å². The van der Waals surface area contributed by atoms with E-state index in [0.717, 1.165) is 38.2 Å². The number of nitrogens with zero attached hydrogens (tertiary/aromatic N) is 3. The van der Waals surface area contributed by atoms with Gasteiger partial charge in [0.25, 0.3) is 0 Å². The molecule has 4 atom stereocenters. The van der Waals surface area contributed by atoms with Gasteiger partial charge >= 0.3 is 5.97 Å². The van der Waals surface area contributed by atoms with Crippen LogP contribution in [0.2, 0.25) is 0 Å². The van der Waals surface area contributed by atoms with E-state index in [-0.39, 0.29) is 6.10 Å². The number of aromatic nitrogens is 2. The number of aliphatic hydroxyl groups excluding tert-OH is 1. The van der Waals surface area contributed by atoms with Crippen molar-refractivity contribution in [2.75, 3.05) is 20.2 Å². The van der Waals surface area contributed by atoms with Crippen molar-refractivity contribution in [1.29, 1.82) is 0 Å². The van der Waals surface area contributed by atoms with E-state index >= 15 is 0 Å². The lowest BCUT2D eigenvalue weighted by Gasteiger charge is -2.35. The maximum absolute atomic E-state index is 11.7. The van der Waals surface area contributed by atoms with E-state index in [2.05, 4.69) is 16.1 Å². The zero-order valence-corrected chi connectivity index (χ0v) is 17.2. The van der Waals surface area contributed by atoms with Crippen molar-refractivity contribution in [1.82, 2.24) is 14.7 Å². The summed E-state index contributed by atoms with van der Waals surface area (Å²) in [4.78, 5) is 14.2. The normalized spacial score (nSPS) is 26.9. The summed E-state index contributed by atoms with van der Waals surface area (Å²) in [5.74, 6) is 1.19. The first-order chi connectivity index (χ1) is 13.9. The van der Waals surface area contributed by atoms with Crippen molar-refractivity contribution >= 4 is 5.97 Å². The molecule has 1 saturated heterocycles. The van der Waals surface area contributed by atoms with Gasteiger partial charge in [0.1, 0.15) is 11.9 Å². The lowest BCUT2D eigenvalue weighted by molar-refractivity contribution is -0.0231.